The van der Waals surface area contributed by atoms with Gasteiger partial charge in [-0.3, -0.25) is 9.69 Å². The first-order chi connectivity index (χ1) is 9.75. The molecule has 0 saturated carbocycles. The molecule has 1 fully saturated rings. The van der Waals surface area contributed by atoms with Gasteiger partial charge in [-0.25, -0.2) is 0 Å². The summed E-state index contributed by atoms with van der Waals surface area (Å²) >= 11 is 0. The van der Waals surface area contributed by atoms with Crippen molar-refractivity contribution in [3.8, 4) is 11.8 Å². The number of carboxylic acids is 1. The summed E-state index contributed by atoms with van der Waals surface area (Å²) in [6.45, 7) is 1.77. The SMILES string of the molecule is O=C(O)CCC1CCCCN1CC#Cc1ccccc1. The number of likely N-dealkylation sites (tertiary alicyclic amines) is 1. The van der Waals surface area contributed by atoms with E-state index in [4.69, 9.17) is 5.11 Å². The molecule has 1 saturated heterocycles. The topological polar surface area (TPSA) is 40.5 Å². The molecule has 106 valence electrons. The van der Waals surface area contributed by atoms with Crippen molar-refractivity contribution >= 4 is 5.97 Å². The summed E-state index contributed by atoms with van der Waals surface area (Å²) in [6, 6.07) is 10.3. The molecule has 0 bridgehead atoms. The molecule has 1 atom stereocenters. The quantitative estimate of drug-likeness (QED) is 0.856. The lowest BCUT2D eigenvalue weighted by Crippen LogP contribution is -2.39. The van der Waals surface area contributed by atoms with Crippen molar-refractivity contribution in [2.75, 3.05) is 13.1 Å². The number of aliphatic carboxylic acids is 1. The van der Waals surface area contributed by atoms with Crippen molar-refractivity contribution in [3.63, 3.8) is 0 Å². The molecule has 20 heavy (non-hydrogen) atoms. The van der Waals surface area contributed by atoms with Crippen LogP contribution in [0, 0.1) is 11.8 Å². The molecular weight excluding hydrogens is 250 g/mol. The summed E-state index contributed by atoms with van der Waals surface area (Å²) < 4.78 is 0. The van der Waals surface area contributed by atoms with Crippen molar-refractivity contribution in [1.29, 1.82) is 0 Å². The second-order valence-corrected chi connectivity index (χ2v) is 5.22. The fourth-order valence-electron chi connectivity index (χ4n) is 2.65. The summed E-state index contributed by atoms with van der Waals surface area (Å²) in [5, 5.41) is 8.81. The van der Waals surface area contributed by atoms with Gasteiger partial charge in [0, 0.05) is 18.0 Å². The van der Waals surface area contributed by atoms with Gasteiger partial charge in [0.05, 0.1) is 6.54 Å². The van der Waals surface area contributed by atoms with Crippen LogP contribution >= 0.6 is 0 Å². The first-order valence-electron chi connectivity index (χ1n) is 7.25. The Labute approximate surface area is 120 Å². The van der Waals surface area contributed by atoms with Crippen LogP contribution in [0.5, 0.6) is 0 Å². The number of carbonyl (C=O) groups is 1. The Balaban J connectivity index is 1.89. The van der Waals surface area contributed by atoms with Crippen LogP contribution in [-0.4, -0.2) is 35.1 Å². The van der Waals surface area contributed by atoms with Crippen molar-refractivity contribution in [2.45, 2.75) is 38.1 Å². The molecule has 1 unspecified atom stereocenters. The Hall–Kier alpha value is -1.79. The summed E-state index contributed by atoms with van der Waals surface area (Å²) in [6.07, 6.45) is 4.49. The highest BCUT2D eigenvalue weighted by Gasteiger charge is 2.21. The predicted octanol–water partition coefficient (Wildman–Crippen LogP) is 2.76. The number of hydrogen-bond acceptors (Lipinski definition) is 2. The monoisotopic (exact) mass is 271 g/mol. The zero-order valence-electron chi connectivity index (χ0n) is 11.7. The van der Waals surface area contributed by atoms with Crippen LogP contribution in [0.1, 0.15) is 37.7 Å². The van der Waals surface area contributed by atoms with Crippen LogP contribution in [0.4, 0.5) is 0 Å². The summed E-state index contributed by atoms with van der Waals surface area (Å²) in [7, 11) is 0. The Bertz CT molecular complexity index is 487. The summed E-state index contributed by atoms with van der Waals surface area (Å²) in [5.74, 6) is 5.68. The maximum atomic E-state index is 10.7. The molecule has 0 radical (unpaired) electrons. The van der Waals surface area contributed by atoms with Crippen molar-refractivity contribution < 1.29 is 9.90 Å². The van der Waals surface area contributed by atoms with Gasteiger partial charge in [-0.2, -0.15) is 0 Å². The van der Waals surface area contributed by atoms with E-state index in [-0.39, 0.29) is 6.42 Å². The summed E-state index contributed by atoms with van der Waals surface area (Å²) in [5.41, 5.74) is 1.03. The third-order valence-corrected chi connectivity index (χ3v) is 3.73. The Kier molecular flexibility index (Phi) is 5.64. The molecule has 1 N–H and O–H groups in total. The standard InChI is InChI=1S/C17H21NO2/c19-17(20)12-11-16-10-4-5-13-18(16)14-6-9-15-7-2-1-3-8-15/h1-3,7-8,16H,4-5,10-14H2,(H,19,20). The molecule has 3 heteroatoms. The van der Waals surface area contributed by atoms with Gasteiger partial charge in [0.25, 0.3) is 0 Å². The van der Waals surface area contributed by atoms with Gasteiger partial charge < -0.3 is 5.11 Å². The van der Waals surface area contributed by atoms with Crippen LogP contribution in [0.25, 0.3) is 0 Å². The normalized spacial score (nSPS) is 19.1. The molecule has 3 nitrogen and oxygen atoms in total. The fourth-order valence-corrected chi connectivity index (χ4v) is 2.65. The van der Waals surface area contributed by atoms with Crippen molar-refractivity contribution in [2.24, 2.45) is 0 Å². The summed E-state index contributed by atoms with van der Waals surface area (Å²) in [4.78, 5) is 13.0. The molecule has 1 aliphatic heterocycles. The van der Waals surface area contributed by atoms with Gasteiger partial charge in [-0.05, 0) is 37.9 Å². The predicted molar refractivity (Wildman–Crippen MR) is 79.4 cm³/mol. The van der Waals surface area contributed by atoms with Crippen LogP contribution in [0.3, 0.4) is 0 Å². The molecule has 1 aromatic carbocycles. The first-order valence-corrected chi connectivity index (χ1v) is 7.25. The van der Waals surface area contributed by atoms with Crippen LogP contribution < -0.4 is 0 Å². The lowest BCUT2D eigenvalue weighted by molar-refractivity contribution is -0.137. The smallest absolute Gasteiger partial charge is 0.303 e. The highest BCUT2D eigenvalue weighted by atomic mass is 16.4. The van der Waals surface area contributed by atoms with E-state index < -0.39 is 5.97 Å². The van der Waals surface area contributed by atoms with Gasteiger partial charge >= 0.3 is 5.97 Å². The minimum Gasteiger partial charge on any atom is -0.481 e. The van der Waals surface area contributed by atoms with Gasteiger partial charge in [0.1, 0.15) is 0 Å². The highest BCUT2D eigenvalue weighted by molar-refractivity contribution is 5.66. The number of hydrogen-bond donors (Lipinski definition) is 1. The van der Waals surface area contributed by atoms with Gasteiger partial charge in [0.2, 0.25) is 0 Å². The van der Waals surface area contributed by atoms with E-state index in [1.165, 1.54) is 12.8 Å². The highest BCUT2D eigenvalue weighted by Crippen LogP contribution is 2.20. The van der Waals surface area contributed by atoms with E-state index in [0.717, 1.165) is 31.5 Å². The molecule has 1 aliphatic rings. The Morgan fingerprint density at radius 2 is 2.10 bits per heavy atom. The van der Waals surface area contributed by atoms with Crippen molar-refractivity contribution in [3.05, 3.63) is 35.9 Å². The third-order valence-electron chi connectivity index (χ3n) is 3.73. The van der Waals surface area contributed by atoms with Crippen LogP contribution in [0.2, 0.25) is 0 Å². The zero-order valence-corrected chi connectivity index (χ0v) is 11.7. The van der Waals surface area contributed by atoms with Gasteiger partial charge in [-0.1, -0.05) is 36.5 Å². The molecule has 0 spiro atoms. The number of nitrogens with zero attached hydrogens (tertiary/aromatic N) is 1. The lowest BCUT2D eigenvalue weighted by Gasteiger charge is -2.34. The molecule has 2 rings (SSSR count). The Morgan fingerprint density at radius 3 is 2.85 bits per heavy atom. The van der Waals surface area contributed by atoms with Gasteiger partial charge in [0.15, 0.2) is 0 Å². The fraction of sp³-hybridized carbons (Fsp3) is 0.471. The molecule has 1 heterocycles. The molecule has 0 aromatic heterocycles. The number of carboxylic acid groups (broad SMARTS) is 1. The van der Waals surface area contributed by atoms with E-state index in [1.54, 1.807) is 0 Å². The third kappa shape index (κ3) is 4.71. The molecule has 1 aromatic rings. The van der Waals surface area contributed by atoms with E-state index >= 15 is 0 Å². The van der Waals surface area contributed by atoms with E-state index in [0.29, 0.717) is 6.04 Å². The molecule has 0 aliphatic carbocycles. The lowest BCUT2D eigenvalue weighted by atomic mass is 9.98. The minimum atomic E-state index is -0.703. The zero-order chi connectivity index (χ0) is 14.2. The maximum Gasteiger partial charge on any atom is 0.303 e. The average Bonchev–Trinajstić information content (AvgIpc) is 2.47. The number of rotatable bonds is 4. The average molecular weight is 271 g/mol. The van der Waals surface area contributed by atoms with Crippen LogP contribution in [-0.2, 0) is 4.79 Å². The largest absolute Gasteiger partial charge is 0.481 e. The van der Waals surface area contributed by atoms with Crippen molar-refractivity contribution in [1.82, 2.24) is 4.90 Å². The molecular formula is C17H21NO2. The van der Waals surface area contributed by atoms with E-state index in [2.05, 4.69) is 16.7 Å². The molecule has 0 amide bonds. The second-order valence-electron chi connectivity index (χ2n) is 5.22. The van der Waals surface area contributed by atoms with Gasteiger partial charge in [-0.15, -0.1) is 0 Å². The van der Waals surface area contributed by atoms with E-state index in [9.17, 15) is 4.79 Å². The second kappa shape index (κ2) is 7.72. The van der Waals surface area contributed by atoms with E-state index in [1.807, 2.05) is 30.3 Å². The number of benzene rings is 1. The first kappa shape index (κ1) is 14.6. The maximum absolute atomic E-state index is 10.7. The number of piperidine rings is 1. The van der Waals surface area contributed by atoms with Crippen LogP contribution in [0.15, 0.2) is 30.3 Å². The Morgan fingerprint density at radius 1 is 1.30 bits per heavy atom. The minimum absolute atomic E-state index is 0.257.